The molecule has 0 radical (unpaired) electrons. The largest absolute Gasteiger partial charge is 0.493 e. The van der Waals surface area contributed by atoms with Crippen LogP contribution in [0.5, 0.6) is 11.5 Å². The van der Waals surface area contributed by atoms with Gasteiger partial charge in [0, 0.05) is 22.6 Å². The second kappa shape index (κ2) is 9.13. The molecule has 1 aliphatic rings. The smallest absolute Gasteiger partial charge is 0.336 e. The standard InChI is InChI=1S/C24H23NO7/c1-29-19-7-6-16(10-21(19)30-2)24(28)25-12-23(27)31-13-17-11-22(26)32-20-9-15-5-3-4-14(15)8-18(17)20/h6-11H,3-5,12-13H2,1-2H3,(H,25,28). The molecule has 0 unspecified atom stereocenters. The Morgan fingerprint density at radius 3 is 2.50 bits per heavy atom. The number of nitrogens with one attached hydrogen (secondary N) is 1. The Kier molecular flexibility index (Phi) is 6.11. The van der Waals surface area contributed by atoms with Crippen molar-refractivity contribution in [1.29, 1.82) is 0 Å². The zero-order valence-electron chi connectivity index (χ0n) is 17.9. The molecule has 32 heavy (non-hydrogen) atoms. The number of rotatable bonds is 7. The molecule has 1 aromatic heterocycles. The number of aryl methyl sites for hydroxylation is 2. The third-order valence-corrected chi connectivity index (χ3v) is 5.47. The van der Waals surface area contributed by atoms with Crippen LogP contribution in [0, 0.1) is 0 Å². The molecule has 0 saturated heterocycles. The summed E-state index contributed by atoms with van der Waals surface area (Å²) in [5, 5.41) is 3.27. The molecule has 1 aliphatic carbocycles. The van der Waals surface area contributed by atoms with Gasteiger partial charge in [-0.25, -0.2) is 4.79 Å². The van der Waals surface area contributed by atoms with E-state index in [4.69, 9.17) is 18.6 Å². The van der Waals surface area contributed by atoms with Crippen molar-refractivity contribution >= 4 is 22.8 Å². The molecule has 1 heterocycles. The summed E-state index contributed by atoms with van der Waals surface area (Å²) in [6.07, 6.45) is 3.01. The van der Waals surface area contributed by atoms with Gasteiger partial charge in [-0.2, -0.15) is 0 Å². The number of fused-ring (bicyclic) bond motifs is 2. The molecule has 0 saturated carbocycles. The molecule has 2 aromatic carbocycles. The maximum Gasteiger partial charge on any atom is 0.336 e. The minimum atomic E-state index is -0.624. The van der Waals surface area contributed by atoms with Crippen LogP contribution >= 0.6 is 0 Å². The van der Waals surface area contributed by atoms with Gasteiger partial charge >= 0.3 is 11.6 Å². The molecular weight excluding hydrogens is 414 g/mol. The van der Waals surface area contributed by atoms with Crippen molar-refractivity contribution in [2.75, 3.05) is 20.8 Å². The number of ether oxygens (including phenoxy) is 3. The normalized spacial score (nSPS) is 12.3. The van der Waals surface area contributed by atoms with Gasteiger partial charge in [0.15, 0.2) is 11.5 Å². The van der Waals surface area contributed by atoms with E-state index in [-0.39, 0.29) is 13.2 Å². The van der Waals surface area contributed by atoms with Crippen LogP contribution in [0.1, 0.15) is 33.5 Å². The summed E-state index contributed by atoms with van der Waals surface area (Å²) in [5.74, 6) is -0.177. The zero-order valence-corrected chi connectivity index (χ0v) is 17.9. The Bertz CT molecular complexity index is 1250. The number of carbonyl (C=O) groups is 2. The molecule has 0 atom stereocenters. The second-order valence-corrected chi connectivity index (χ2v) is 7.47. The molecule has 8 nitrogen and oxygen atoms in total. The van der Waals surface area contributed by atoms with Crippen molar-refractivity contribution in [3.8, 4) is 11.5 Å². The van der Waals surface area contributed by atoms with Crippen LogP contribution in [0.2, 0.25) is 0 Å². The first-order valence-corrected chi connectivity index (χ1v) is 10.2. The first-order valence-electron chi connectivity index (χ1n) is 10.2. The fourth-order valence-corrected chi connectivity index (χ4v) is 3.86. The third-order valence-electron chi connectivity index (χ3n) is 5.47. The SMILES string of the molecule is COc1ccc(C(=O)NCC(=O)OCc2cc(=O)oc3cc4c(cc23)CCC4)cc1OC. The number of esters is 1. The van der Waals surface area contributed by atoms with E-state index in [0.29, 0.717) is 28.2 Å². The highest BCUT2D eigenvalue weighted by Gasteiger charge is 2.17. The molecule has 1 N–H and O–H groups in total. The predicted molar refractivity (Wildman–Crippen MR) is 116 cm³/mol. The Morgan fingerprint density at radius 2 is 1.75 bits per heavy atom. The minimum absolute atomic E-state index is 0.0913. The molecule has 0 spiro atoms. The van der Waals surface area contributed by atoms with Gasteiger partial charge in [0.1, 0.15) is 18.7 Å². The average Bonchev–Trinajstić information content (AvgIpc) is 3.26. The quantitative estimate of drug-likeness (QED) is 0.448. The van der Waals surface area contributed by atoms with Crippen LogP contribution in [0.4, 0.5) is 0 Å². The maximum atomic E-state index is 12.3. The fraction of sp³-hybridized carbons (Fsp3) is 0.292. The molecule has 166 valence electrons. The number of hydrogen-bond donors (Lipinski definition) is 1. The van der Waals surface area contributed by atoms with Crippen LogP contribution in [0.15, 0.2) is 45.6 Å². The first kappa shape index (κ1) is 21.4. The van der Waals surface area contributed by atoms with E-state index in [1.807, 2.05) is 12.1 Å². The third kappa shape index (κ3) is 4.44. The Morgan fingerprint density at radius 1 is 1.00 bits per heavy atom. The lowest BCUT2D eigenvalue weighted by Crippen LogP contribution is -2.30. The van der Waals surface area contributed by atoms with Crippen LogP contribution in [0.25, 0.3) is 11.0 Å². The monoisotopic (exact) mass is 437 g/mol. The van der Waals surface area contributed by atoms with Crippen LogP contribution < -0.4 is 20.4 Å². The predicted octanol–water partition coefficient (Wildman–Crippen LogP) is 2.77. The molecular formula is C24H23NO7. The first-order chi connectivity index (χ1) is 15.5. The van der Waals surface area contributed by atoms with Gasteiger partial charge in [0.25, 0.3) is 5.91 Å². The summed E-state index contributed by atoms with van der Waals surface area (Å²) in [6, 6.07) is 9.92. The van der Waals surface area contributed by atoms with Crippen molar-refractivity contribution < 1.29 is 28.2 Å². The van der Waals surface area contributed by atoms with E-state index < -0.39 is 17.5 Å². The van der Waals surface area contributed by atoms with Gasteiger partial charge < -0.3 is 23.9 Å². The van der Waals surface area contributed by atoms with E-state index in [1.165, 1.54) is 37.5 Å². The lowest BCUT2D eigenvalue weighted by molar-refractivity contribution is -0.143. The minimum Gasteiger partial charge on any atom is -0.493 e. The van der Waals surface area contributed by atoms with E-state index in [2.05, 4.69) is 5.32 Å². The highest BCUT2D eigenvalue weighted by atomic mass is 16.5. The van der Waals surface area contributed by atoms with Gasteiger partial charge in [-0.15, -0.1) is 0 Å². The topological polar surface area (TPSA) is 104 Å². The molecule has 0 bridgehead atoms. The number of benzene rings is 2. The molecule has 1 amide bonds. The average molecular weight is 437 g/mol. The second-order valence-electron chi connectivity index (χ2n) is 7.47. The van der Waals surface area contributed by atoms with E-state index in [0.717, 1.165) is 24.6 Å². The van der Waals surface area contributed by atoms with E-state index >= 15 is 0 Å². The maximum absolute atomic E-state index is 12.3. The lowest BCUT2D eigenvalue weighted by Gasteiger charge is -2.11. The molecule has 0 aliphatic heterocycles. The van der Waals surface area contributed by atoms with Crippen LogP contribution in [-0.4, -0.2) is 32.6 Å². The molecule has 3 aromatic rings. The van der Waals surface area contributed by atoms with Crippen molar-refractivity contribution in [2.45, 2.75) is 25.9 Å². The Labute approximate surface area is 184 Å². The zero-order chi connectivity index (χ0) is 22.7. The van der Waals surface area contributed by atoms with Crippen molar-refractivity contribution in [3.63, 3.8) is 0 Å². The Balaban J connectivity index is 1.40. The van der Waals surface area contributed by atoms with Crippen molar-refractivity contribution in [3.05, 3.63) is 69.1 Å². The molecule has 4 rings (SSSR count). The Hall–Kier alpha value is -3.81. The summed E-state index contributed by atoms with van der Waals surface area (Å²) < 4.78 is 21.0. The summed E-state index contributed by atoms with van der Waals surface area (Å²) in [7, 11) is 2.97. The number of carbonyl (C=O) groups excluding carboxylic acids is 2. The van der Waals surface area contributed by atoms with Gasteiger partial charge in [0.2, 0.25) is 0 Å². The van der Waals surface area contributed by atoms with Gasteiger partial charge in [-0.3, -0.25) is 9.59 Å². The summed E-state index contributed by atoms with van der Waals surface area (Å²) in [5.41, 5.74) is 3.30. The van der Waals surface area contributed by atoms with Gasteiger partial charge in [0.05, 0.1) is 14.2 Å². The van der Waals surface area contributed by atoms with E-state index in [9.17, 15) is 14.4 Å². The van der Waals surface area contributed by atoms with Crippen LogP contribution in [0.3, 0.4) is 0 Å². The van der Waals surface area contributed by atoms with Crippen molar-refractivity contribution in [2.24, 2.45) is 0 Å². The fourth-order valence-electron chi connectivity index (χ4n) is 3.86. The lowest BCUT2D eigenvalue weighted by atomic mass is 10.0. The number of amides is 1. The number of methoxy groups -OCH3 is 2. The molecule has 8 heteroatoms. The van der Waals surface area contributed by atoms with E-state index in [1.54, 1.807) is 12.1 Å². The molecule has 0 fully saturated rings. The highest BCUT2D eigenvalue weighted by molar-refractivity contribution is 5.96. The highest BCUT2D eigenvalue weighted by Crippen LogP contribution is 2.29. The summed E-state index contributed by atoms with van der Waals surface area (Å²) >= 11 is 0. The number of hydrogen-bond acceptors (Lipinski definition) is 7. The van der Waals surface area contributed by atoms with Crippen LogP contribution in [-0.2, 0) is 29.0 Å². The van der Waals surface area contributed by atoms with Gasteiger partial charge in [-0.1, -0.05) is 0 Å². The summed E-state index contributed by atoms with van der Waals surface area (Å²) in [6.45, 7) is -0.409. The van der Waals surface area contributed by atoms with Crippen molar-refractivity contribution in [1.82, 2.24) is 5.32 Å². The van der Waals surface area contributed by atoms with Gasteiger partial charge in [-0.05, 0) is 60.7 Å². The summed E-state index contributed by atoms with van der Waals surface area (Å²) in [4.78, 5) is 36.5.